The van der Waals surface area contributed by atoms with E-state index in [0.29, 0.717) is 12.0 Å². The molecule has 0 spiro atoms. The molecule has 1 aromatic rings. The summed E-state index contributed by atoms with van der Waals surface area (Å²) < 4.78 is 0. The number of nitrogens with zero attached hydrogens (tertiary/aromatic N) is 1. The number of likely N-dealkylation sites (N-methyl/N-ethyl adjacent to an activating group) is 1. The highest BCUT2D eigenvalue weighted by Gasteiger charge is 2.22. The minimum absolute atomic E-state index is 0. The van der Waals surface area contributed by atoms with Gasteiger partial charge in [-0.25, -0.2) is 0 Å². The van der Waals surface area contributed by atoms with Gasteiger partial charge >= 0.3 is 0 Å². The number of halogens is 1. The van der Waals surface area contributed by atoms with Crippen molar-refractivity contribution in [3.63, 3.8) is 0 Å². The van der Waals surface area contributed by atoms with Gasteiger partial charge in [-0.05, 0) is 43.0 Å². The van der Waals surface area contributed by atoms with Gasteiger partial charge in [0, 0.05) is 25.2 Å². The molecule has 1 atom stereocenters. The monoisotopic (exact) mass is 296 g/mol. The molecule has 0 saturated carbocycles. The fourth-order valence-electron chi connectivity index (χ4n) is 2.54. The lowest BCUT2D eigenvalue weighted by Crippen LogP contribution is -2.46. The van der Waals surface area contributed by atoms with Crippen LogP contribution in [-0.2, 0) is 0 Å². The number of rotatable bonds is 3. The second kappa shape index (κ2) is 7.65. The Labute approximate surface area is 128 Å². The van der Waals surface area contributed by atoms with Gasteiger partial charge in [0.05, 0.1) is 0 Å². The highest BCUT2D eigenvalue weighted by atomic mass is 35.5. The molecule has 4 heteroatoms. The number of nitrogens with one attached hydrogen (secondary N) is 1. The van der Waals surface area contributed by atoms with E-state index in [4.69, 9.17) is 0 Å². The van der Waals surface area contributed by atoms with Crippen LogP contribution in [0.2, 0.25) is 0 Å². The standard InChI is InChI=1S/C16H24N2O.ClH/c1-12(2)13-6-8-14(9-7-13)16(19)18(3)15-5-4-10-17-11-15;/h6-9,12,15,17H,4-5,10-11H2,1-3H3;1H/t15-;/m1./s1. The Hall–Kier alpha value is -1.06. The Kier molecular flexibility index (Phi) is 6.50. The maximum atomic E-state index is 12.4. The van der Waals surface area contributed by atoms with Gasteiger partial charge in [-0.15, -0.1) is 12.4 Å². The lowest BCUT2D eigenvalue weighted by atomic mass is 10.0. The van der Waals surface area contributed by atoms with Crippen molar-refractivity contribution in [2.75, 3.05) is 20.1 Å². The normalized spacial score (nSPS) is 18.5. The summed E-state index contributed by atoms with van der Waals surface area (Å²) in [6.45, 7) is 6.31. The third-order valence-corrected chi connectivity index (χ3v) is 3.96. The molecule has 0 radical (unpaired) electrons. The number of hydrogen-bond donors (Lipinski definition) is 1. The van der Waals surface area contributed by atoms with E-state index in [1.807, 2.05) is 24.1 Å². The van der Waals surface area contributed by atoms with Crippen molar-refractivity contribution in [1.29, 1.82) is 0 Å². The highest BCUT2D eigenvalue weighted by molar-refractivity contribution is 5.94. The molecule has 1 fully saturated rings. The summed E-state index contributed by atoms with van der Waals surface area (Å²) >= 11 is 0. The maximum absolute atomic E-state index is 12.4. The molecule has 3 nitrogen and oxygen atoms in total. The summed E-state index contributed by atoms with van der Waals surface area (Å²) in [5, 5.41) is 3.35. The molecule has 0 unspecified atom stereocenters. The highest BCUT2D eigenvalue weighted by Crippen LogP contribution is 2.17. The van der Waals surface area contributed by atoms with E-state index in [1.165, 1.54) is 5.56 Å². The molecule has 1 saturated heterocycles. The summed E-state index contributed by atoms with van der Waals surface area (Å²) in [7, 11) is 1.91. The van der Waals surface area contributed by atoms with Crippen molar-refractivity contribution in [2.24, 2.45) is 0 Å². The van der Waals surface area contributed by atoms with E-state index >= 15 is 0 Å². The summed E-state index contributed by atoms with van der Waals surface area (Å²) in [5.74, 6) is 0.633. The first kappa shape index (κ1) is 17.0. The summed E-state index contributed by atoms with van der Waals surface area (Å²) in [6.07, 6.45) is 2.24. The molecule has 0 aromatic heterocycles. The van der Waals surface area contributed by atoms with Crippen LogP contribution in [0, 0.1) is 0 Å². The van der Waals surface area contributed by atoms with Crippen LogP contribution in [0.15, 0.2) is 24.3 Å². The molecular weight excluding hydrogens is 272 g/mol. The first-order valence-corrected chi connectivity index (χ1v) is 7.17. The predicted molar refractivity (Wildman–Crippen MR) is 85.8 cm³/mol. The first-order chi connectivity index (χ1) is 9.09. The molecule has 2 rings (SSSR count). The van der Waals surface area contributed by atoms with Crippen LogP contribution in [0.25, 0.3) is 0 Å². The van der Waals surface area contributed by atoms with Crippen molar-refractivity contribution in [1.82, 2.24) is 10.2 Å². The molecule has 1 N–H and O–H groups in total. The minimum atomic E-state index is 0. The molecule has 20 heavy (non-hydrogen) atoms. The second-order valence-corrected chi connectivity index (χ2v) is 5.69. The molecule has 1 aliphatic rings. The van der Waals surface area contributed by atoms with Gasteiger partial charge in [-0.1, -0.05) is 26.0 Å². The molecule has 1 amide bonds. The largest absolute Gasteiger partial charge is 0.337 e. The molecular formula is C16H25ClN2O. The van der Waals surface area contributed by atoms with Gasteiger partial charge < -0.3 is 10.2 Å². The Morgan fingerprint density at radius 3 is 2.45 bits per heavy atom. The first-order valence-electron chi connectivity index (χ1n) is 7.17. The Morgan fingerprint density at radius 2 is 1.95 bits per heavy atom. The van der Waals surface area contributed by atoms with Crippen LogP contribution in [0.5, 0.6) is 0 Å². The molecule has 0 bridgehead atoms. The van der Waals surface area contributed by atoms with Crippen LogP contribution >= 0.6 is 12.4 Å². The topological polar surface area (TPSA) is 32.3 Å². The zero-order valence-electron chi connectivity index (χ0n) is 12.6. The molecule has 1 heterocycles. The third kappa shape index (κ3) is 3.97. The lowest BCUT2D eigenvalue weighted by molar-refractivity contribution is 0.0708. The van der Waals surface area contributed by atoms with Crippen LogP contribution in [0.3, 0.4) is 0 Å². The second-order valence-electron chi connectivity index (χ2n) is 5.69. The Balaban J connectivity index is 0.00000200. The smallest absolute Gasteiger partial charge is 0.253 e. The predicted octanol–water partition coefficient (Wildman–Crippen LogP) is 3.06. The van der Waals surface area contributed by atoms with Crippen molar-refractivity contribution < 1.29 is 4.79 Å². The molecule has 1 aromatic carbocycles. The fourth-order valence-corrected chi connectivity index (χ4v) is 2.54. The van der Waals surface area contributed by atoms with Crippen LogP contribution in [-0.4, -0.2) is 37.0 Å². The van der Waals surface area contributed by atoms with E-state index < -0.39 is 0 Å². The summed E-state index contributed by atoms with van der Waals surface area (Å²) in [6, 6.07) is 8.34. The minimum Gasteiger partial charge on any atom is -0.337 e. The van der Waals surface area contributed by atoms with E-state index in [1.54, 1.807) is 0 Å². The Morgan fingerprint density at radius 1 is 1.30 bits per heavy atom. The van der Waals surface area contributed by atoms with Gasteiger partial charge in [-0.3, -0.25) is 4.79 Å². The fraction of sp³-hybridized carbons (Fsp3) is 0.562. The van der Waals surface area contributed by atoms with Crippen LogP contribution in [0.1, 0.15) is 48.5 Å². The van der Waals surface area contributed by atoms with Crippen LogP contribution in [0.4, 0.5) is 0 Å². The Bertz CT molecular complexity index is 425. The number of hydrogen-bond acceptors (Lipinski definition) is 2. The van der Waals surface area contributed by atoms with Gasteiger partial charge in [0.15, 0.2) is 0 Å². The van der Waals surface area contributed by atoms with Gasteiger partial charge in [-0.2, -0.15) is 0 Å². The van der Waals surface area contributed by atoms with E-state index in [9.17, 15) is 4.79 Å². The van der Waals surface area contributed by atoms with Crippen molar-refractivity contribution >= 4 is 18.3 Å². The summed E-state index contributed by atoms with van der Waals surface area (Å²) in [4.78, 5) is 14.3. The van der Waals surface area contributed by atoms with E-state index in [-0.39, 0.29) is 18.3 Å². The van der Waals surface area contributed by atoms with Gasteiger partial charge in [0.2, 0.25) is 0 Å². The van der Waals surface area contributed by atoms with E-state index in [2.05, 4.69) is 31.3 Å². The number of carbonyl (C=O) groups is 1. The number of benzene rings is 1. The molecule has 1 aliphatic heterocycles. The maximum Gasteiger partial charge on any atom is 0.253 e. The average Bonchev–Trinajstić information content (AvgIpc) is 2.46. The zero-order chi connectivity index (χ0) is 13.8. The van der Waals surface area contributed by atoms with Crippen LogP contribution < -0.4 is 5.32 Å². The average molecular weight is 297 g/mol. The zero-order valence-corrected chi connectivity index (χ0v) is 13.4. The number of piperidine rings is 1. The molecule has 112 valence electrons. The lowest BCUT2D eigenvalue weighted by Gasteiger charge is -2.31. The number of carbonyl (C=O) groups excluding carboxylic acids is 1. The van der Waals surface area contributed by atoms with Crippen molar-refractivity contribution in [2.45, 2.75) is 38.6 Å². The van der Waals surface area contributed by atoms with Crippen molar-refractivity contribution in [3.8, 4) is 0 Å². The molecule has 0 aliphatic carbocycles. The quantitative estimate of drug-likeness (QED) is 0.930. The van der Waals surface area contributed by atoms with Crippen molar-refractivity contribution in [3.05, 3.63) is 35.4 Å². The van der Waals surface area contributed by atoms with Gasteiger partial charge in [0.25, 0.3) is 5.91 Å². The SMILES string of the molecule is CC(C)c1ccc(C(=O)N(C)[C@@H]2CCCNC2)cc1.Cl. The van der Waals surface area contributed by atoms with Gasteiger partial charge in [0.1, 0.15) is 0 Å². The summed E-state index contributed by atoms with van der Waals surface area (Å²) in [5.41, 5.74) is 2.07. The van der Waals surface area contributed by atoms with E-state index in [0.717, 1.165) is 31.5 Å². The third-order valence-electron chi connectivity index (χ3n) is 3.96. The number of amides is 1.